The zero-order valence-electron chi connectivity index (χ0n) is 11.1. The Hall–Kier alpha value is -0.290. The van der Waals surface area contributed by atoms with E-state index in [1.54, 1.807) is 0 Å². The second-order valence-corrected chi connectivity index (χ2v) is 5.91. The summed E-state index contributed by atoms with van der Waals surface area (Å²) in [6.07, 6.45) is -1.78. The van der Waals surface area contributed by atoms with Gasteiger partial charge in [-0.1, -0.05) is 6.42 Å². The average molecular weight is 264 g/mol. The third kappa shape index (κ3) is 3.18. The van der Waals surface area contributed by atoms with Crippen molar-refractivity contribution in [3.8, 4) is 0 Å². The van der Waals surface area contributed by atoms with Crippen molar-refractivity contribution in [1.82, 2.24) is 10.2 Å². The summed E-state index contributed by atoms with van der Waals surface area (Å²) in [4.78, 5) is 2.29. The third-order valence-corrected chi connectivity index (χ3v) is 4.39. The molecule has 0 bridgehead atoms. The fourth-order valence-electron chi connectivity index (χ4n) is 3.32. The van der Waals surface area contributed by atoms with Crippen LogP contribution in [-0.2, 0) is 0 Å². The van der Waals surface area contributed by atoms with Crippen molar-refractivity contribution in [2.75, 3.05) is 13.1 Å². The molecule has 0 aromatic heterocycles. The highest BCUT2D eigenvalue weighted by Gasteiger charge is 2.44. The summed E-state index contributed by atoms with van der Waals surface area (Å²) in [6, 6.07) is 0.843. The molecule has 0 aromatic carbocycles. The summed E-state index contributed by atoms with van der Waals surface area (Å²) >= 11 is 0. The van der Waals surface area contributed by atoms with Gasteiger partial charge in [-0.15, -0.1) is 0 Å². The van der Waals surface area contributed by atoms with Crippen molar-refractivity contribution < 1.29 is 13.2 Å². The summed E-state index contributed by atoms with van der Waals surface area (Å²) in [5, 5.41) is 3.38. The summed E-state index contributed by atoms with van der Waals surface area (Å²) in [5.74, 6) is -1.09. The number of hydrogen-bond donors (Lipinski definition) is 1. The van der Waals surface area contributed by atoms with Crippen LogP contribution in [-0.4, -0.2) is 42.3 Å². The van der Waals surface area contributed by atoms with Crippen LogP contribution in [0, 0.1) is 5.92 Å². The van der Waals surface area contributed by atoms with Crippen LogP contribution in [0.1, 0.15) is 39.5 Å². The van der Waals surface area contributed by atoms with Gasteiger partial charge in [0.25, 0.3) is 0 Å². The summed E-state index contributed by atoms with van der Waals surface area (Å²) in [7, 11) is 0. The second-order valence-electron chi connectivity index (χ2n) is 5.91. The van der Waals surface area contributed by atoms with E-state index in [1.807, 2.05) is 0 Å². The summed E-state index contributed by atoms with van der Waals surface area (Å²) in [6.45, 7) is 5.96. The molecule has 2 fully saturated rings. The number of alkyl halides is 3. The number of rotatable bonds is 1. The van der Waals surface area contributed by atoms with Gasteiger partial charge >= 0.3 is 6.18 Å². The minimum absolute atomic E-state index is 0.116. The maximum absolute atomic E-state index is 12.8. The zero-order valence-corrected chi connectivity index (χ0v) is 11.1. The first-order valence-electron chi connectivity index (χ1n) is 6.93. The van der Waals surface area contributed by atoms with E-state index in [9.17, 15) is 13.2 Å². The Kier molecular flexibility index (Phi) is 4.22. The quantitative estimate of drug-likeness (QED) is 0.783. The number of nitrogens with zero attached hydrogens (tertiary/aromatic N) is 1. The molecule has 1 aliphatic heterocycles. The van der Waals surface area contributed by atoms with Crippen LogP contribution in [0.4, 0.5) is 13.2 Å². The van der Waals surface area contributed by atoms with Gasteiger partial charge in [0, 0.05) is 31.2 Å². The molecular formula is C13H23F3N2. The number of halogens is 3. The lowest BCUT2D eigenvalue weighted by Crippen LogP contribution is -2.58. The molecule has 1 heterocycles. The first-order chi connectivity index (χ1) is 8.38. The predicted octanol–water partition coefficient (Wildman–Crippen LogP) is 2.79. The fourth-order valence-corrected chi connectivity index (χ4v) is 3.32. The molecule has 106 valence electrons. The fraction of sp³-hybridized carbons (Fsp3) is 1.00. The molecule has 4 unspecified atom stereocenters. The first-order valence-corrected chi connectivity index (χ1v) is 6.93. The Balaban J connectivity index is 1.99. The average Bonchev–Trinajstić information content (AvgIpc) is 2.31. The standard InChI is InChI=1S/C13H23F3N2/c1-9-8-18(10(2)7-17-9)12-5-3-4-11(6-12)13(14,15)16/h9-12,17H,3-8H2,1-2H3. The van der Waals surface area contributed by atoms with E-state index in [0.29, 0.717) is 31.3 Å². The highest BCUT2D eigenvalue weighted by atomic mass is 19.4. The van der Waals surface area contributed by atoms with Gasteiger partial charge in [-0.3, -0.25) is 4.90 Å². The molecule has 2 aliphatic rings. The van der Waals surface area contributed by atoms with E-state index < -0.39 is 12.1 Å². The van der Waals surface area contributed by atoms with Gasteiger partial charge in [-0.2, -0.15) is 13.2 Å². The van der Waals surface area contributed by atoms with Crippen LogP contribution in [0.25, 0.3) is 0 Å². The number of hydrogen-bond acceptors (Lipinski definition) is 2. The molecule has 1 saturated heterocycles. The molecule has 1 N–H and O–H groups in total. The highest BCUT2D eigenvalue weighted by Crippen LogP contribution is 2.39. The van der Waals surface area contributed by atoms with Gasteiger partial charge in [0.2, 0.25) is 0 Å². The van der Waals surface area contributed by atoms with Crippen LogP contribution < -0.4 is 5.32 Å². The van der Waals surface area contributed by atoms with Crippen molar-refractivity contribution in [1.29, 1.82) is 0 Å². The van der Waals surface area contributed by atoms with Gasteiger partial charge in [-0.25, -0.2) is 0 Å². The Morgan fingerprint density at radius 3 is 2.56 bits per heavy atom. The van der Waals surface area contributed by atoms with E-state index in [0.717, 1.165) is 19.5 Å². The predicted molar refractivity (Wildman–Crippen MR) is 65.4 cm³/mol. The van der Waals surface area contributed by atoms with Gasteiger partial charge in [0.05, 0.1) is 5.92 Å². The van der Waals surface area contributed by atoms with E-state index in [1.165, 1.54) is 0 Å². The molecule has 4 atom stereocenters. The highest BCUT2D eigenvalue weighted by molar-refractivity contribution is 4.90. The molecule has 0 spiro atoms. The van der Waals surface area contributed by atoms with Crippen molar-refractivity contribution in [2.45, 2.75) is 63.8 Å². The Bertz CT molecular complexity index is 280. The van der Waals surface area contributed by atoms with Crippen molar-refractivity contribution in [3.05, 3.63) is 0 Å². The van der Waals surface area contributed by atoms with Crippen LogP contribution in [0.15, 0.2) is 0 Å². The van der Waals surface area contributed by atoms with Gasteiger partial charge in [-0.05, 0) is 33.1 Å². The molecule has 5 heteroatoms. The summed E-state index contributed by atoms with van der Waals surface area (Å²) < 4.78 is 38.5. The van der Waals surface area contributed by atoms with Crippen LogP contribution in [0.3, 0.4) is 0 Å². The Morgan fingerprint density at radius 2 is 1.89 bits per heavy atom. The maximum atomic E-state index is 12.8. The van der Waals surface area contributed by atoms with Gasteiger partial charge in [0.1, 0.15) is 0 Å². The van der Waals surface area contributed by atoms with E-state index >= 15 is 0 Å². The summed E-state index contributed by atoms with van der Waals surface area (Å²) in [5.41, 5.74) is 0. The molecule has 18 heavy (non-hydrogen) atoms. The maximum Gasteiger partial charge on any atom is 0.391 e. The minimum Gasteiger partial charge on any atom is -0.311 e. The largest absolute Gasteiger partial charge is 0.391 e. The van der Waals surface area contributed by atoms with E-state index in [2.05, 4.69) is 24.1 Å². The molecular weight excluding hydrogens is 241 g/mol. The van der Waals surface area contributed by atoms with Crippen molar-refractivity contribution >= 4 is 0 Å². The lowest BCUT2D eigenvalue weighted by Gasteiger charge is -2.45. The molecule has 0 aromatic rings. The first kappa shape index (κ1) is 14.1. The lowest BCUT2D eigenvalue weighted by molar-refractivity contribution is -0.187. The number of nitrogens with one attached hydrogen (secondary N) is 1. The third-order valence-electron chi connectivity index (χ3n) is 4.39. The Labute approximate surface area is 107 Å². The van der Waals surface area contributed by atoms with Crippen LogP contribution >= 0.6 is 0 Å². The monoisotopic (exact) mass is 264 g/mol. The minimum atomic E-state index is -4.01. The smallest absolute Gasteiger partial charge is 0.311 e. The van der Waals surface area contributed by atoms with E-state index in [4.69, 9.17) is 0 Å². The zero-order chi connectivity index (χ0) is 13.3. The molecule has 2 rings (SSSR count). The van der Waals surface area contributed by atoms with Gasteiger partial charge in [0.15, 0.2) is 0 Å². The van der Waals surface area contributed by atoms with Crippen molar-refractivity contribution in [3.63, 3.8) is 0 Å². The molecule has 2 nitrogen and oxygen atoms in total. The lowest BCUT2D eigenvalue weighted by atomic mass is 9.83. The molecule has 1 aliphatic carbocycles. The molecule has 0 radical (unpaired) electrons. The molecule has 0 amide bonds. The second kappa shape index (κ2) is 5.37. The van der Waals surface area contributed by atoms with Crippen molar-refractivity contribution in [2.24, 2.45) is 5.92 Å². The molecule has 1 saturated carbocycles. The van der Waals surface area contributed by atoms with Crippen LogP contribution in [0.2, 0.25) is 0 Å². The van der Waals surface area contributed by atoms with E-state index in [-0.39, 0.29) is 6.04 Å². The van der Waals surface area contributed by atoms with Crippen LogP contribution in [0.5, 0.6) is 0 Å². The number of piperazine rings is 1. The Morgan fingerprint density at radius 1 is 1.17 bits per heavy atom. The topological polar surface area (TPSA) is 15.3 Å². The van der Waals surface area contributed by atoms with Gasteiger partial charge < -0.3 is 5.32 Å². The SMILES string of the molecule is CC1CN(C2CCCC(C(F)(F)F)C2)C(C)CN1. The normalized spacial score (nSPS) is 39.8.